The molecule has 0 aliphatic rings. The van der Waals surface area contributed by atoms with Gasteiger partial charge >= 0.3 is 5.97 Å². The minimum Gasteiger partial charge on any atom is -0.469 e. The van der Waals surface area contributed by atoms with Gasteiger partial charge in [-0.25, -0.2) is 0 Å². The first-order valence-corrected chi connectivity index (χ1v) is 4.85. The van der Waals surface area contributed by atoms with Crippen molar-refractivity contribution in [3.8, 4) is 0 Å². The van der Waals surface area contributed by atoms with Gasteiger partial charge in [0.15, 0.2) is 0 Å². The normalized spacial score (nSPS) is 12.5. The Hall–Kier alpha value is -1.36. The van der Waals surface area contributed by atoms with Gasteiger partial charge in [-0.2, -0.15) is 5.10 Å². The van der Waals surface area contributed by atoms with Crippen LogP contribution in [0.4, 0.5) is 0 Å². The van der Waals surface area contributed by atoms with Gasteiger partial charge in [0.1, 0.15) is 0 Å². The number of carbonyl (C=O) groups excluding carboxylic acids is 1. The fourth-order valence-electron chi connectivity index (χ4n) is 1.52. The van der Waals surface area contributed by atoms with E-state index in [4.69, 9.17) is 5.73 Å². The molecular formula is C10H17N3O2. The molecule has 1 aromatic heterocycles. The summed E-state index contributed by atoms with van der Waals surface area (Å²) < 4.78 is 6.40. The Kier molecular flexibility index (Phi) is 3.85. The zero-order chi connectivity index (χ0) is 11.4. The quantitative estimate of drug-likeness (QED) is 0.729. The summed E-state index contributed by atoms with van der Waals surface area (Å²) in [5, 5.41) is 4.13. The Bertz CT molecular complexity index is 346. The predicted molar refractivity (Wildman–Crippen MR) is 56.4 cm³/mol. The summed E-state index contributed by atoms with van der Waals surface area (Å²) in [6, 6.07) is 0. The highest BCUT2D eigenvalue weighted by Gasteiger charge is 2.18. The third-order valence-corrected chi connectivity index (χ3v) is 2.64. The molecule has 0 amide bonds. The summed E-state index contributed by atoms with van der Waals surface area (Å²) >= 11 is 0. The van der Waals surface area contributed by atoms with Crippen LogP contribution in [0.5, 0.6) is 0 Å². The second-order valence-corrected chi connectivity index (χ2v) is 3.52. The highest BCUT2D eigenvalue weighted by atomic mass is 16.5. The molecule has 0 aliphatic carbocycles. The first-order chi connectivity index (χ1) is 7.10. The van der Waals surface area contributed by atoms with Crippen molar-refractivity contribution in [3.63, 3.8) is 0 Å². The van der Waals surface area contributed by atoms with Crippen LogP contribution < -0.4 is 5.73 Å². The maximum Gasteiger partial charge on any atom is 0.306 e. The largest absolute Gasteiger partial charge is 0.469 e. The van der Waals surface area contributed by atoms with Crippen molar-refractivity contribution in [1.29, 1.82) is 0 Å². The molecule has 0 aliphatic heterocycles. The number of esters is 1. The van der Waals surface area contributed by atoms with E-state index in [0.29, 0.717) is 13.0 Å². The lowest BCUT2D eigenvalue weighted by Gasteiger charge is -2.12. The Balaban J connectivity index is 2.83. The number of hydrogen-bond donors (Lipinski definition) is 1. The maximum absolute atomic E-state index is 11.2. The molecule has 2 N–H and O–H groups in total. The number of ether oxygens (including phenoxy) is 1. The summed E-state index contributed by atoms with van der Waals surface area (Å²) in [5.41, 5.74) is 7.70. The van der Waals surface area contributed by atoms with Crippen LogP contribution in [-0.4, -0.2) is 29.4 Å². The van der Waals surface area contributed by atoms with Crippen LogP contribution >= 0.6 is 0 Å². The molecule has 0 saturated heterocycles. The third-order valence-electron chi connectivity index (χ3n) is 2.64. The topological polar surface area (TPSA) is 70.1 Å². The van der Waals surface area contributed by atoms with Crippen LogP contribution in [0.25, 0.3) is 0 Å². The first kappa shape index (κ1) is 11.7. The van der Waals surface area contributed by atoms with Crippen molar-refractivity contribution in [3.05, 3.63) is 17.5 Å². The molecule has 0 saturated carbocycles. The molecule has 0 radical (unpaired) electrons. The molecule has 0 aromatic carbocycles. The SMILES string of the molecule is COC(=O)CC(CN)c1cnn(C)c1C. The van der Waals surface area contributed by atoms with Crippen LogP contribution in [0.3, 0.4) is 0 Å². The number of carbonyl (C=O) groups is 1. The highest BCUT2D eigenvalue weighted by Crippen LogP contribution is 2.21. The number of methoxy groups -OCH3 is 1. The number of rotatable bonds is 4. The lowest BCUT2D eigenvalue weighted by atomic mass is 9.97. The number of nitrogens with zero attached hydrogens (tertiary/aromatic N) is 2. The third kappa shape index (κ3) is 2.56. The van der Waals surface area contributed by atoms with Crippen molar-refractivity contribution in [2.24, 2.45) is 12.8 Å². The molecule has 1 aromatic rings. The van der Waals surface area contributed by atoms with E-state index >= 15 is 0 Å². The van der Waals surface area contributed by atoms with Crippen LogP contribution in [0.2, 0.25) is 0 Å². The molecule has 0 fully saturated rings. The van der Waals surface area contributed by atoms with E-state index < -0.39 is 0 Å². The minimum absolute atomic E-state index is 0.00819. The van der Waals surface area contributed by atoms with E-state index in [9.17, 15) is 4.79 Å². The molecule has 5 heteroatoms. The maximum atomic E-state index is 11.2. The van der Waals surface area contributed by atoms with Gasteiger partial charge in [-0.15, -0.1) is 0 Å². The van der Waals surface area contributed by atoms with E-state index in [1.807, 2.05) is 14.0 Å². The van der Waals surface area contributed by atoms with E-state index in [0.717, 1.165) is 11.3 Å². The van der Waals surface area contributed by atoms with Gasteiger partial charge in [-0.3, -0.25) is 9.48 Å². The monoisotopic (exact) mass is 211 g/mol. The van der Waals surface area contributed by atoms with Crippen LogP contribution in [0.1, 0.15) is 23.6 Å². The van der Waals surface area contributed by atoms with Gasteiger partial charge in [0.2, 0.25) is 0 Å². The van der Waals surface area contributed by atoms with Crippen molar-refractivity contribution >= 4 is 5.97 Å². The first-order valence-electron chi connectivity index (χ1n) is 4.85. The van der Waals surface area contributed by atoms with Gasteiger partial charge in [0.25, 0.3) is 0 Å². The van der Waals surface area contributed by atoms with E-state index in [2.05, 4.69) is 9.84 Å². The highest BCUT2D eigenvalue weighted by molar-refractivity contribution is 5.70. The summed E-state index contributed by atoms with van der Waals surface area (Å²) in [6.45, 7) is 2.38. The van der Waals surface area contributed by atoms with Crippen molar-refractivity contribution < 1.29 is 9.53 Å². The second-order valence-electron chi connectivity index (χ2n) is 3.52. The summed E-state index contributed by atoms with van der Waals surface area (Å²) in [7, 11) is 3.25. The molecule has 0 spiro atoms. The molecular weight excluding hydrogens is 194 g/mol. The zero-order valence-corrected chi connectivity index (χ0v) is 9.36. The Morgan fingerprint density at radius 3 is 2.80 bits per heavy atom. The number of aromatic nitrogens is 2. The Morgan fingerprint density at radius 2 is 2.40 bits per heavy atom. The van der Waals surface area contributed by atoms with E-state index in [-0.39, 0.29) is 11.9 Å². The van der Waals surface area contributed by atoms with Gasteiger partial charge in [0.05, 0.1) is 19.7 Å². The molecule has 5 nitrogen and oxygen atoms in total. The average Bonchev–Trinajstić information content (AvgIpc) is 2.56. The van der Waals surface area contributed by atoms with E-state index in [1.165, 1.54) is 7.11 Å². The second kappa shape index (κ2) is 4.93. The molecule has 84 valence electrons. The van der Waals surface area contributed by atoms with Crippen molar-refractivity contribution in [1.82, 2.24) is 9.78 Å². The molecule has 1 rings (SSSR count). The standard InChI is InChI=1S/C10H17N3O2/c1-7-9(6-12-13(7)2)8(5-11)4-10(14)15-3/h6,8H,4-5,11H2,1-3H3. The Morgan fingerprint density at radius 1 is 1.73 bits per heavy atom. The van der Waals surface area contributed by atoms with Gasteiger partial charge in [0, 0.05) is 18.7 Å². The summed E-state index contributed by atoms with van der Waals surface area (Å²) in [4.78, 5) is 11.2. The lowest BCUT2D eigenvalue weighted by Crippen LogP contribution is -2.17. The van der Waals surface area contributed by atoms with Crippen molar-refractivity contribution in [2.75, 3.05) is 13.7 Å². The smallest absolute Gasteiger partial charge is 0.306 e. The molecule has 15 heavy (non-hydrogen) atoms. The molecule has 1 heterocycles. The van der Waals surface area contributed by atoms with Gasteiger partial charge < -0.3 is 10.5 Å². The zero-order valence-electron chi connectivity index (χ0n) is 9.36. The molecule has 0 bridgehead atoms. The van der Waals surface area contributed by atoms with Crippen molar-refractivity contribution in [2.45, 2.75) is 19.3 Å². The van der Waals surface area contributed by atoms with Crippen LogP contribution in [0, 0.1) is 6.92 Å². The van der Waals surface area contributed by atoms with Gasteiger partial charge in [-0.05, 0) is 19.0 Å². The molecule has 1 atom stereocenters. The Labute approximate surface area is 89.2 Å². The fourth-order valence-corrected chi connectivity index (χ4v) is 1.52. The molecule has 1 unspecified atom stereocenters. The number of aryl methyl sites for hydroxylation is 1. The minimum atomic E-state index is -0.242. The number of nitrogens with two attached hydrogens (primary N) is 1. The number of hydrogen-bond acceptors (Lipinski definition) is 4. The fraction of sp³-hybridized carbons (Fsp3) is 0.600. The summed E-state index contributed by atoms with van der Waals surface area (Å²) in [5.74, 6) is -0.250. The van der Waals surface area contributed by atoms with Crippen LogP contribution in [-0.2, 0) is 16.6 Å². The summed E-state index contributed by atoms with van der Waals surface area (Å²) in [6.07, 6.45) is 2.06. The van der Waals surface area contributed by atoms with Gasteiger partial charge in [-0.1, -0.05) is 0 Å². The average molecular weight is 211 g/mol. The van der Waals surface area contributed by atoms with E-state index in [1.54, 1.807) is 10.9 Å². The van der Waals surface area contributed by atoms with Crippen LogP contribution in [0.15, 0.2) is 6.20 Å². The lowest BCUT2D eigenvalue weighted by molar-refractivity contribution is -0.141. The predicted octanol–water partition coefficient (Wildman–Crippen LogP) is 0.334.